The number of nitrogens with one attached hydrogen (secondary N) is 1. The first-order valence-corrected chi connectivity index (χ1v) is 15.0. The number of amides is 1. The lowest BCUT2D eigenvalue weighted by atomic mass is 10.3. The Bertz CT molecular complexity index is 1160. The van der Waals surface area contributed by atoms with E-state index in [1.54, 1.807) is 32.3 Å². The van der Waals surface area contributed by atoms with E-state index >= 15 is 0 Å². The molecule has 0 fully saturated rings. The summed E-state index contributed by atoms with van der Waals surface area (Å²) in [5, 5.41) is 0. The summed E-state index contributed by atoms with van der Waals surface area (Å²) in [5.74, 6) is -0.561. The van der Waals surface area contributed by atoms with Crippen molar-refractivity contribution in [2.45, 2.75) is 72.6 Å². The first-order valence-electron chi connectivity index (χ1n) is 13.2. The van der Waals surface area contributed by atoms with Gasteiger partial charge < -0.3 is 28.3 Å². The van der Waals surface area contributed by atoms with Crippen LogP contribution in [0.25, 0.3) is 11.2 Å². The van der Waals surface area contributed by atoms with Crippen LogP contribution in [0.2, 0.25) is 0 Å². The quantitative estimate of drug-likeness (QED) is 0.0780. The number of hydroxylamine groups is 1. The van der Waals surface area contributed by atoms with E-state index in [1.807, 2.05) is 0 Å². The lowest BCUT2D eigenvalue weighted by Crippen LogP contribution is -2.25. The van der Waals surface area contributed by atoms with E-state index in [4.69, 9.17) is 37.6 Å². The van der Waals surface area contributed by atoms with Gasteiger partial charge in [0, 0.05) is 6.54 Å². The van der Waals surface area contributed by atoms with Gasteiger partial charge >= 0.3 is 19.9 Å². The molecule has 236 valence electrons. The van der Waals surface area contributed by atoms with Crippen molar-refractivity contribution in [3.8, 4) is 0 Å². The third-order valence-electron chi connectivity index (χ3n) is 4.87. The summed E-state index contributed by atoms with van der Waals surface area (Å²) < 4.78 is 49.5. The second-order valence-corrected chi connectivity index (χ2v) is 11.1. The minimum atomic E-state index is -4.10. The van der Waals surface area contributed by atoms with Gasteiger partial charge in [-0.1, -0.05) is 19.8 Å². The number of unbranched alkanes of at least 4 members (excludes halogenated alkanes) is 2. The fourth-order valence-corrected chi connectivity index (χ4v) is 4.02. The molecule has 0 aliphatic heterocycles. The van der Waals surface area contributed by atoms with Gasteiger partial charge in [-0.25, -0.2) is 30.0 Å². The average Bonchev–Trinajstić information content (AvgIpc) is 3.33. The standard InChI is InChI=1S/C24H38N5O12P/c1-6-7-8-10-37-28-22(30)20-19-21(26-12-25-20)29(13-27-19)9-11-34-16-42(33,38-14-35-23(31)40-17(2)3)39-15-36-24(32)41-18(4)5/h12-13,17-18H,6-11,14-16H2,1-5H3,(H,28,30). The summed E-state index contributed by atoms with van der Waals surface area (Å²) in [6.07, 6.45) is 1.91. The Hall–Kier alpha value is -3.37. The monoisotopic (exact) mass is 619 g/mol. The highest BCUT2D eigenvalue weighted by Crippen LogP contribution is 2.48. The number of imidazole rings is 1. The van der Waals surface area contributed by atoms with Crippen LogP contribution in [-0.2, 0) is 48.7 Å². The van der Waals surface area contributed by atoms with Crippen LogP contribution >= 0.6 is 7.60 Å². The predicted octanol–water partition coefficient (Wildman–Crippen LogP) is 3.92. The molecule has 42 heavy (non-hydrogen) atoms. The molecule has 0 saturated carbocycles. The van der Waals surface area contributed by atoms with E-state index < -0.39 is 58.0 Å². The van der Waals surface area contributed by atoms with Gasteiger partial charge in [-0.3, -0.25) is 23.2 Å². The number of hydrogen-bond acceptors (Lipinski definition) is 15. The molecule has 0 bridgehead atoms. The van der Waals surface area contributed by atoms with Crippen molar-refractivity contribution in [3.63, 3.8) is 0 Å². The van der Waals surface area contributed by atoms with Gasteiger partial charge in [-0.2, -0.15) is 0 Å². The van der Waals surface area contributed by atoms with Crippen molar-refractivity contribution in [3.05, 3.63) is 18.3 Å². The van der Waals surface area contributed by atoms with Gasteiger partial charge in [0.1, 0.15) is 18.2 Å². The number of carbonyl (C=O) groups excluding carboxylic acids is 3. The Morgan fingerprint density at radius 3 is 2.17 bits per heavy atom. The van der Waals surface area contributed by atoms with Crippen molar-refractivity contribution < 1.29 is 56.5 Å². The molecule has 0 aromatic carbocycles. The molecular weight excluding hydrogens is 581 g/mol. The smallest absolute Gasteiger partial charge is 0.432 e. The average molecular weight is 620 g/mol. The Labute approximate surface area is 242 Å². The summed E-state index contributed by atoms with van der Waals surface area (Å²) in [6, 6.07) is 0. The zero-order chi connectivity index (χ0) is 31.0. The van der Waals surface area contributed by atoms with Gasteiger partial charge in [0.25, 0.3) is 5.91 Å². The van der Waals surface area contributed by atoms with Crippen LogP contribution in [0.1, 0.15) is 64.4 Å². The van der Waals surface area contributed by atoms with Crippen LogP contribution in [0.4, 0.5) is 9.59 Å². The molecule has 0 atom stereocenters. The molecule has 2 rings (SSSR count). The highest BCUT2D eigenvalue weighted by molar-refractivity contribution is 7.53. The fourth-order valence-electron chi connectivity index (χ4n) is 3.01. The number of aromatic nitrogens is 4. The highest BCUT2D eigenvalue weighted by atomic mass is 31.2. The first-order chi connectivity index (χ1) is 20.0. The molecule has 0 radical (unpaired) electrons. The number of ether oxygens (including phenoxy) is 5. The molecule has 0 unspecified atom stereocenters. The number of hydrogen-bond donors (Lipinski definition) is 1. The Morgan fingerprint density at radius 2 is 1.57 bits per heavy atom. The van der Waals surface area contributed by atoms with E-state index in [9.17, 15) is 18.9 Å². The summed E-state index contributed by atoms with van der Waals surface area (Å²) in [7, 11) is -4.10. The van der Waals surface area contributed by atoms with Gasteiger partial charge in [-0.05, 0) is 34.1 Å². The Morgan fingerprint density at radius 1 is 0.929 bits per heavy atom. The van der Waals surface area contributed by atoms with Crippen molar-refractivity contribution in [2.75, 3.05) is 33.1 Å². The van der Waals surface area contributed by atoms with Crippen molar-refractivity contribution >= 4 is 37.0 Å². The van der Waals surface area contributed by atoms with Gasteiger partial charge in [0.2, 0.25) is 13.6 Å². The van der Waals surface area contributed by atoms with Crippen molar-refractivity contribution in [1.82, 2.24) is 25.0 Å². The van der Waals surface area contributed by atoms with Crippen LogP contribution < -0.4 is 5.48 Å². The maximum absolute atomic E-state index is 13.1. The van der Waals surface area contributed by atoms with Gasteiger partial charge in [0.15, 0.2) is 11.3 Å². The van der Waals surface area contributed by atoms with Crippen LogP contribution in [0.3, 0.4) is 0 Å². The highest BCUT2D eigenvalue weighted by Gasteiger charge is 2.28. The van der Waals surface area contributed by atoms with Crippen molar-refractivity contribution in [2.24, 2.45) is 0 Å². The molecule has 1 N–H and O–H groups in total. The predicted molar refractivity (Wildman–Crippen MR) is 144 cm³/mol. The molecular formula is C24H38N5O12P. The minimum absolute atomic E-state index is 0.0270. The normalized spacial score (nSPS) is 11.6. The topological polar surface area (TPSA) is 198 Å². The second-order valence-electron chi connectivity index (χ2n) is 9.08. The molecule has 0 aliphatic carbocycles. The zero-order valence-electron chi connectivity index (χ0n) is 24.3. The number of fused-ring (bicyclic) bond motifs is 1. The molecule has 2 heterocycles. The molecule has 1 amide bonds. The second kappa shape index (κ2) is 18.2. The third kappa shape index (κ3) is 12.7. The summed E-state index contributed by atoms with van der Waals surface area (Å²) in [4.78, 5) is 53.3. The third-order valence-corrected chi connectivity index (χ3v) is 6.37. The summed E-state index contributed by atoms with van der Waals surface area (Å²) >= 11 is 0. The van der Waals surface area contributed by atoms with E-state index in [2.05, 4.69) is 27.4 Å². The SMILES string of the molecule is CCCCCONC(=O)c1ncnc2c1ncn2CCOCP(=O)(OCOC(=O)OC(C)C)OCOC(=O)OC(C)C. The molecule has 2 aromatic rings. The van der Waals surface area contributed by atoms with E-state index in [1.165, 1.54) is 12.7 Å². The summed E-state index contributed by atoms with van der Waals surface area (Å²) in [6.45, 7) is 7.50. The van der Waals surface area contributed by atoms with Gasteiger partial charge in [-0.15, -0.1) is 0 Å². The minimum Gasteiger partial charge on any atom is -0.432 e. The Balaban J connectivity index is 1.94. The maximum atomic E-state index is 13.1. The maximum Gasteiger partial charge on any atom is 0.510 e. The molecule has 0 aliphatic rings. The fraction of sp³-hybridized carbons (Fsp3) is 0.667. The molecule has 0 spiro atoms. The zero-order valence-corrected chi connectivity index (χ0v) is 25.2. The number of nitrogens with zero attached hydrogens (tertiary/aromatic N) is 4. The first kappa shape index (κ1) is 34.8. The van der Waals surface area contributed by atoms with Gasteiger partial charge in [0.05, 0.1) is 31.7 Å². The molecule has 0 saturated heterocycles. The molecule has 2 aromatic heterocycles. The summed E-state index contributed by atoms with van der Waals surface area (Å²) in [5.41, 5.74) is 3.00. The lowest BCUT2D eigenvalue weighted by molar-refractivity contribution is -0.0344. The van der Waals surface area contributed by atoms with Crippen LogP contribution in [0.15, 0.2) is 12.7 Å². The van der Waals surface area contributed by atoms with E-state index in [-0.39, 0.29) is 24.4 Å². The van der Waals surface area contributed by atoms with E-state index in [0.717, 1.165) is 19.3 Å². The van der Waals surface area contributed by atoms with E-state index in [0.29, 0.717) is 12.3 Å². The van der Waals surface area contributed by atoms with Crippen LogP contribution in [0, 0.1) is 0 Å². The van der Waals surface area contributed by atoms with Crippen molar-refractivity contribution in [1.29, 1.82) is 0 Å². The Kier molecular flexibility index (Phi) is 15.1. The van der Waals surface area contributed by atoms with Crippen LogP contribution in [-0.4, -0.2) is 83.1 Å². The van der Waals surface area contributed by atoms with Crippen LogP contribution in [0.5, 0.6) is 0 Å². The lowest BCUT2D eigenvalue weighted by Gasteiger charge is -2.19. The number of carbonyl (C=O) groups is 3. The molecule has 18 heteroatoms. The largest absolute Gasteiger partial charge is 0.510 e. The number of rotatable bonds is 19. The molecule has 17 nitrogen and oxygen atoms in total.